The molecule has 0 bridgehead atoms. The molecule has 0 aliphatic carbocycles. The lowest BCUT2D eigenvalue weighted by Crippen LogP contribution is -2.48. The van der Waals surface area contributed by atoms with E-state index >= 15 is 0 Å². The van der Waals surface area contributed by atoms with Crippen LogP contribution in [0.1, 0.15) is 127 Å². The van der Waals surface area contributed by atoms with E-state index in [9.17, 15) is 60.3 Å². The van der Waals surface area contributed by atoms with E-state index in [0.717, 1.165) is 57.1 Å². The van der Waals surface area contributed by atoms with Crippen LogP contribution in [0.25, 0.3) is 11.1 Å². The number of aryl methyl sites for hydroxylation is 5. The number of anilines is 1. The van der Waals surface area contributed by atoms with Gasteiger partial charge < -0.3 is 38.7 Å². The smallest absolute Gasteiger partial charge is 0.360 e. The number of oxime groups is 1. The second-order valence-electron chi connectivity index (χ2n) is 24.3. The average molecular weight is 1510 g/mol. The number of ether oxygens (including phenoxy) is 5. The van der Waals surface area contributed by atoms with Gasteiger partial charge in [-0.3, -0.25) is 14.4 Å². The Hall–Kier alpha value is -9.48. The number of amides is 1. The summed E-state index contributed by atoms with van der Waals surface area (Å²) in [5, 5.41) is 37.9. The van der Waals surface area contributed by atoms with Crippen molar-refractivity contribution in [3.63, 3.8) is 0 Å². The van der Waals surface area contributed by atoms with Crippen molar-refractivity contribution in [2.75, 3.05) is 51.4 Å². The van der Waals surface area contributed by atoms with Crippen molar-refractivity contribution in [2.24, 2.45) is 29.8 Å². The molecule has 4 aromatic heterocycles. The Morgan fingerprint density at radius 1 is 0.833 bits per heavy atom. The Kier molecular flexibility index (Phi) is 25.6. The van der Waals surface area contributed by atoms with E-state index in [0.29, 0.717) is 83.3 Å². The van der Waals surface area contributed by atoms with E-state index in [1.807, 2.05) is 20.8 Å². The highest BCUT2D eigenvalue weighted by molar-refractivity contribution is 7.91. The third kappa shape index (κ3) is 17.2. The van der Waals surface area contributed by atoms with Gasteiger partial charge in [0.25, 0.3) is 15.6 Å². The molecule has 36 heteroatoms. The molecule has 10 rings (SSSR count). The summed E-state index contributed by atoms with van der Waals surface area (Å²) in [4.78, 5) is 103. The number of hydrogen-bond acceptors (Lipinski definition) is 25. The zero-order valence-corrected chi connectivity index (χ0v) is 62.6. The van der Waals surface area contributed by atoms with Crippen LogP contribution < -0.4 is 30.5 Å². The summed E-state index contributed by atoms with van der Waals surface area (Å²) in [7, 11) is -4.03. The molecule has 0 saturated carbocycles. The molecule has 0 radical (unpaired) electrons. The van der Waals surface area contributed by atoms with Crippen LogP contribution >= 0.6 is 34.5 Å². The van der Waals surface area contributed by atoms with Gasteiger partial charge in [-0.1, -0.05) is 59.9 Å². The van der Waals surface area contributed by atoms with E-state index in [-0.39, 0.29) is 74.3 Å². The number of carbonyl (C=O) groups is 6. The number of aromatic hydroxyl groups is 1. The van der Waals surface area contributed by atoms with Crippen LogP contribution in [0.4, 0.5) is 10.5 Å². The first-order chi connectivity index (χ1) is 47.8. The van der Waals surface area contributed by atoms with Crippen molar-refractivity contribution < 1.29 is 84.3 Å². The minimum atomic E-state index is -4.52. The number of hydrogen-bond donors (Lipinski definition) is 3. The van der Waals surface area contributed by atoms with Crippen molar-refractivity contribution in [1.29, 1.82) is 0 Å². The monoisotopic (exact) mass is 1510 g/mol. The van der Waals surface area contributed by atoms with Gasteiger partial charge in [-0.2, -0.15) is 10.2 Å². The number of sulfonamides is 1. The molecule has 1 unspecified atom stereocenters. The maximum Gasteiger partial charge on any atom is 0.360 e. The Morgan fingerprint density at radius 2 is 1.47 bits per heavy atom. The number of methoxy groups -OCH3 is 1. The van der Waals surface area contributed by atoms with Crippen LogP contribution in [-0.4, -0.2) is 160 Å². The third-order valence-corrected chi connectivity index (χ3v) is 20.2. The molecule has 102 heavy (non-hydrogen) atoms. The molecule has 7 aromatic rings. The van der Waals surface area contributed by atoms with Gasteiger partial charge in [-0.15, -0.1) is 21.1 Å². The molecular weight excluding hydrogens is 1430 g/mol. The number of fused-ring (bicyclic) bond motifs is 1. The summed E-state index contributed by atoms with van der Waals surface area (Å²) in [5.41, 5.74) is 3.65. The van der Waals surface area contributed by atoms with Gasteiger partial charge in [0.15, 0.2) is 21.2 Å². The zero-order valence-electron chi connectivity index (χ0n) is 58.7. The first-order valence-corrected chi connectivity index (χ1v) is 36.6. The van der Waals surface area contributed by atoms with Crippen LogP contribution in [-0.2, 0) is 93.3 Å². The number of benzene rings is 3. The fourth-order valence-corrected chi connectivity index (χ4v) is 14.8. The maximum atomic E-state index is 13.5. The summed E-state index contributed by atoms with van der Waals surface area (Å²) in [5.74, 6) is -3.23. The normalized spacial score (nSPS) is 14.9. The SMILES string of the molecule is CCOC(=O)C1=NN(c2ccc(Cl)cc2Cl)C(C)(C(=O)OCC)C1.CCc1cc(C)cc(CC)c1-c1c(OC(=O)C(C)(C)C)n2n(c1=O)CCOCC2.COc1nn(C(=O)NS(=O)(=O)c2c(C(=O)O)csc2C)c(=O)n1C.Cc1c(C(=O)c2cnn(C)c2O)ccc(S(C)(=O)=O)c1C1=NOCC1. The van der Waals surface area contributed by atoms with Crippen molar-refractivity contribution in [3.05, 3.63) is 134 Å². The fourth-order valence-electron chi connectivity index (χ4n) is 10.9. The van der Waals surface area contributed by atoms with Gasteiger partial charge in [0.1, 0.15) is 28.3 Å². The van der Waals surface area contributed by atoms with Crippen LogP contribution in [0.2, 0.25) is 10.0 Å². The minimum Gasteiger partial charge on any atom is -0.493 e. The molecule has 31 nitrogen and oxygen atoms in total. The van der Waals surface area contributed by atoms with Crippen molar-refractivity contribution in [1.82, 2.24) is 38.2 Å². The lowest BCUT2D eigenvalue weighted by molar-refractivity contribution is -0.148. The molecule has 3 N–H and O–H groups in total. The number of carbonyl (C=O) groups excluding carboxylic acids is 5. The van der Waals surface area contributed by atoms with Gasteiger partial charge in [-0.25, -0.2) is 69.2 Å². The highest BCUT2D eigenvalue weighted by Gasteiger charge is 2.50. The Balaban J connectivity index is 0.000000191. The molecular formula is C66H79Cl2N11O20S3. The maximum absolute atomic E-state index is 13.5. The Bertz CT molecular complexity index is 4840. The predicted octanol–water partition coefficient (Wildman–Crippen LogP) is 7.97. The number of nitrogens with zero attached hydrogens (tertiary/aromatic N) is 10. The van der Waals surface area contributed by atoms with Crippen molar-refractivity contribution >= 4 is 107 Å². The van der Waals surface area contributed by atoms with Crippen LogP contribution in [0.15, 0.2) is 83.7 Å². The number of hydrazone groups is 1. The highest BCUT2D eigenvalue weighted by Crippen LogP contribution is 2.41. The van der Waals surface area contributed by atoms with E-state index in [1.54, 1.807) is 60.0 Å². The lowest BCUT2D eigenvalue weighted by atomic mass is 9.91. The standard InChI is InChI=1S/C23H32N2O4.C16H18Cl2N2O4.C16H17N3O5S.C11H12N4O7S2/c1-7-16-13-15(3)14-17(8-2)18(16)19-20(26)24-9-11-28-12-10-25(24)21(19)29-22(27)23(4,5)6;1-4-23-14(21)12-9-16(3,15(22)24-5-2)20(19-12)13-7-6-10(17)8-11(13)18;1-9-10(15(20)11-8-17-19(2)16(11)21)4-5-13(25(3,22)23)14(9)12-6-7-24-18-12;1-5-7(6(4-23-5)8(16)17)24(20,21)13-9(18)15-11(19)14(2)10(12-15)22-3/h13-14H,7-12H2,1-6H3;6-8H,4-5,9H2,1-3H3;4-5,8,21H,6-7H2,1-3H3;4H,1-3H3,(H,13,18)(H,16,17). The number of sulfone groups is 1. The highest BCUT2D eigenvalue weighted by atomic mass is 35.5. The second kappa shape index (κ2) is 32.7. The summed E-state index contributed by atoms with van der Waals surface area (Å²) >= 11 is 13.1. The predicted molar refractivity (Wildman–Crippen MR) is 377 cm³/mol. The fraction of sp³-hybridized carbons (Fsp3) is 0.424. The van der Waals surface area contributed by atoms with Crippen LogP contribution in [0, 0.1) is 26.2 Å². The molecule has 3 aliphatic rings. The van der Waals surface area contributed by atoms with Gasteiger partial charge in [-0.05, 0) is 128 Å². The van der Waals surface area contributed by atoms with Gasteiger partial charge in [0.05, 0.1) is 85.1 Å². The molecule has 3 aromatic carbocycles. The van der Waals surface area contributed by atoms with Gasteiger partial charge in [0.2, 0.25) is 11.8 Å². The second-order valence-corrected chi connectivity index (χ2v) is 29.9. The number of ketones is 1. The molecule has 0 spiro atoms. The largest absolute Gasteiger partial charge is 0.493 e. The number of halogens is 2. The van der Waals surface area contributed by atoms with Crippen molar-refractivity contribution in [3.8, 4) is 28.9 Å². The van der Waals surface area contributed by atoms with Gasteiger partial charge in [0, 0.05) is 59.6 Å². The summed E-state index contributed by atoms with van der Waals surface area (Å²) in [6.07, 6.45) is 4.49. The first-order valence-electron chi connectivity index (χ1n) is 31.6. The summed E-state index contributed by atoms with van der Waals surface area (Å²) in [6, 6.07) is 10.3. The molecule has 0 saturated heterocycles. The van der Waals surface area contributed by atoms with E-state index in [4.69, 9.17) is 56.8 Å². The minimum absolute atomic E-state index is 0.0493. The lowest BCUT2D eigenvalue weighted by Gasteiger charge is -2.32. The van der Waals surface area contributed by atoms with Crippen molar-refractivity contribution in [2.45, 2.75) is 130 Å². The van der Waals surface area contributed by atoms with E-state index < -0.39 is 76.7 Å². The molecule has 3 aliphatic heterocycles. The number of aromatic nitrogens is 7. The van der Waals surface area contributed by atoms with Crippen LogP contribution in [0.3, 0.4) is 0 Å². The molecule has 1 atom stereocenters. The number of carboxylic acid groups (broad SMARTS) is 1. The third-order valence-electron chi connectivity index (χ3n) is 16.0. The number of esters is 3. The topological polar surface area (TPSA) is 391 Å². The quantitative estimate of drug-likeness (QED) is 0.0574. The zero-order chi connectivity index (χ0) is 75.8. The number of thiophene rings is 1. The summed E-state index contributed by atoms with van der Waals surface area (Å²) < 4.78 is 82.7. The van der Waals surface area contributed by atoms with Gasteiger partial charge >= 0.3 is 41.6 Å². The molecule has 7 heterocycles. The van der Waals surface area contributed by atoms with E-state index in [2.05, 4.69) is 53.4 Å². The number of nitrogens with one attached hydrogen (secondary N) is 1. The summed E-state index contributed by atoms with van der Waals surface area (Å²) in [6.45, 7) is 22.4. The first kappa shape index (κ1) is 79.8. The number of rotatable bonds is 17. The average Bonchev–Trinajstić information content (AvgIpc) is 1.57. The molecule has 550 valence electrons. The molecule has 1 amide bonds. The number of aromatic carboxylic acids is 1. The molecule has 0 fully saturated rings. The Morgan fingerprint density at radius 3 is 2.00 bits per heavy atom. The van der Waals surface area contributed by atoms with Crippen LogP contribution in [0.5, 0.6) is 17.8 Å². The number of carboxylic acids is 1. The van der Waals surface area contributed by atoms with E-state index in [1.165, 1.54) is 61.7 Å². The Labute approximate surface area is 601 Å².